The van der Waals surface area contributed by atoms with E-state index in [4.69, 9.17) is 0 Å². The SMILES string of the molecule is C/C=C/C=C(\C=C\S(=O)(=O)C(F)(F)F)S(=O)(=O)NC(O)C(/C=C\CNCCN(CC)C/C=C/C)=C/C. The number of sulfone groups is 1. The maximum atomic E-state index is 12.6. The molecule has 0 bridgehead atoms. The van der Waals surface area contributed by atoms with Gasteiger partial charge >= 0.3 is 5.51 Å². The number of aliphatic hydroxyl groups excluding tert-OH is 1. The lowest BCUT2D eigenvalue weighted by atomic mass is 10.2. The second-order valence-corrected chi connectivity index (χ2v) is 10.8. The monoisotopic (exact) mass is 555 g/mol. The number of nitrogens with one attached hydrogen (secondary N) is 2. The average Bonchev–Trinajstić information content (AvgIpc) is 2.79. The van der Waals surface area contributed by atoms with Crippen molar-refractivity contribution >= 4 is 19.9 Å². The standard InChI is InChI=1S/C23H36F3N3O5S2/c1-5-9-13-21(14-19-35(31,32)23(24,25)26)36(33,34)28-22(30)20(7-3)12-11-15-27-16-18-29(8-4)17-10-6-2/h5-7,9-14,19,22,27-28,30H,8,15-18H2,1-4H3/b9-5+,10-6+,12-11-,19-14+,20-7+,21-13+. The van der Waals surface area contributed by atoms with E-state index in [1.54, 1.807) is 13.0 Å². The largest absolute Gasteiger partial charge is 0.501 e. The quantitative estimate of drug-likeness (QED) is 0.116. The van der Waals surface area contributed by atoms with E-state index < -0.39 is 36.5 Å². The summed E-state index contributed by atoms with van der Waals surface area (Å²) in [5.41, 5.74) is -5.40. The van der Waals surface area contributed by atoms with Crippen LogP contribution in [0.5, 0.6) is 0 Å². The topological polar surface area (TPSA) is 116 Å². The molecular weight excluding hydrogens is 519 g/mol. The van der Waals surface area contributed by atoms with Crippen molar-refractivity contribution < 1.29 is 35.1 Å². The van der Waals surface area contributed by atoms with Crippen molar-refractivity contribution in [3.05, 3.63) is 70.6 Å². The van der Waals surface area contributed by atoms with Gasteiger partial charge in [0.1, 0.15) is 6.23 Å². The lowest BCUT2D eigenvalue weighted by Crippen LogP contribution is -2.36. The molecule has 1 atom stereocenters. The number of likely N-dealkylation sites (N-methyl/N-ethyl adjacent to an activating group) is 1. The van der Waals surface area contributed by atoms with Gasteiger partial charge in [-0.2, -0.15) is 17.9 Å². The van der Waals surface area contributed by atoms with Crippen LogP contribution in [0.4, 0.5) is 13.2 Å². The fraction of sp³-hybridized carbons (Fsp3) is 0.478. The zero-order chi connectivity index (χ0) is 27.8. The first-order chi connectivity index (χ1) is 16.8. The van der Waals surface area contributed by atoms with Crippen molar-refractivity contribution in [2.75, 3.05) is 32.7 Å². The van der Waals surface area contributed by atoms with Gasteiger partial charge in [0.25, 0.3) is 9.84 Å². The summed E-state index contributed by atoms with van der Waals surface area (Å²) in [6.07, 6.45) is 10.8. The van der Waals surface area contributed by atoms with Crippen molar-refractivity contribution in [2.45, 2.75) is 39.4 Å². The smallest absolute Gasteiger partial charge is 0.373 e. The molecule has 0 fully saturated rings. The zero-order valence-electron chi connectivity index (χ0n) is 20.9. The Labute approximate surface area is 212 Å². The Bertz CT molecular complexity index is 1060. The van der Waals surface area contributed by atoms with Crippen LogP contribution in [-0.4, -0.2) is 71.3 Å². The van der Waals surface area contributed by atoms with Crippen LogP contribution in [0.2, 0.25) is 0 Å². The number of sulfonamides is 1. The molecule has 1 unspecified atom stereocenters. The fourth-order valence-electron chi connectivity index (χ4n) is 2.54. The number of hydrogen-bond acceptors (Lipinski definition) is 7. The first-order valence-corrected chi connectivity index (χ1v) is 14.2. The highest BCUT2D eigenvalue weighted by molar-refractivity contribution is 7.95. The van der Waals surface area contributed by atoms with Crippen molar-refractivity contribution in [1.29, 1.82) is 0 Å². The Balaban J connectivity index is 5.28. The number of alkyl halides is 3. The van der Waals surface area contributed by atoms with E-state index in [0.717, 1.165) is 25.7 Å². The van der Waals surface area contributed by atoms with Gasteiger partial charge < -0.3 is 10.4 Å². The minimum Gasteiger partial charge on any atom is -0.373 e. The normalized spacial score (nSPS) is 15.9. The third kappa shape index (κ3) is 12.8. The van der Waals surface area contributed by atoms with Crippen LogP contribution in [0.15, 0.2) is 70.6 Å². The summed E-state index contributed by atoms with van der Waals surface area (Å²) < 4.78 is 87.6. The molecule has 13 heteroatoms. The van der Waals surface area contributed by atoms with Gasteiger partial charge in [0.15, 0.2) is 0 Å². The number of halogens is 3. The molecule has 0 spiro atoms. The molecule has 0 aromatic rings. The zero-order valence-corrected chi connectivity index (χ0v) is 22.5. The molecule has 0 aliphatic heterocycles. The Kier molecular flexibility index (Phi) is 15.7. The lowest BCUT2D eigenvalue weighted by Gasteiger charge is -2.18. The van der Waals surface area contributed by atoms with Gasteiger partial charge in [0.2, 0.25) is 10.0 Å². The van der Waals surface area contributed by atoms with E-state index in [-0.39, 0.29) is 11.0 Å². The van der Waals surface area contributed by atoms with Crippen molar-refractivity contribution in [3.63, 3.8) is 0 Å². The van der Waals surface area contributed by atoms with Gasteiger partial charge in [-0.25, -0.2) is 16.8 Å². The lowest BCUT2D eigenvalue weighted by molar-refractivity contribution is -0.0423. The molecule has 0 saturated heterocycles. The summed E-state index contributed by atoms with van der Waals surface area (Å²) in [6.45, 7) is 10.8. The predicted octanol–water partition coefficient (Wildman–Crippen LogP) is 3.12. The highest BCUT2D eigenvalue weighted by Crippen LogP contribution is 2.25. The molecule has 0 heterocycles. The minimum atomic E-state index is -5.70. The van der Waals surface area contributed by atoms with Crippen LogP contribution in [0.25, 0.3) is 0 Å². The summed E-state index contributed by atoms with van der Waals surface area (Å²) in [7, 11) is -10.3. The second kappa shape index (κ2) is 16.7. The number of rotatable bonds is 16. The summed E-state index contributed by atoms with van der Waals surface area (Å²) in [4.78, 5) is 1.45. The van der Waals surface area contributed by atoms with Crippen LogP contribution in [0.3, 0.4) is 0 Å². The van der Waals surface area contributed by atoms with Crippen LogP contribution in [0.1, 0.15) is 27.7 Å². The molecule has 3 N–H and O–H groups in total. The van der Waals surface area contributed by atoms with Crippen LogP contribution in [-0.2, 0) is 19.9 Å². The molecular formula is C23H36F3N3O5S2. The molecule has 0 aliphatic carbocycles. The number of nitrogens with zero attached hydrogens (tertiary/aromatic N) is 1. The maximum Gasteiger partial charge on any atom is 0.501 e. The molecule has 0 amide bonds. The summed E-state index contributed by atoms with van der Waals surface area (Å²) in [5, 5.41) is 13.3. The van der Waals surface area contributed by atoms with Crippen LogP contribution < -0.4 is 10.0 Å². The van der Waals surface area contributed by atoms with Crippen molar-refractivity contribution in [1.82, 2.24) is 14.9 Å². The first kappa shape index (κ1) is 34.0. The Morgan fingerprint density at radius 1 is 1.06 bits per heavy atom. The highest BCUT2D eigenvalue weighted by atomic mass is 32.2. The molecule has 206 valence electrons. The summed E-state index contributed by atoms with van der Waals surface area (Å²) in [5.74, 6) is 0. The number of allylic oxidation sites excluding steroid dienone is 6. The fourth-order valence-corrected chi connectivity index (χ4v) is 4.18. The molecule has 36 heavy (non-hydrogen) atoms. The van der Waals surface area contributed by atoms with Gasteiger partial charge in [-0.1, -0.05) is 49.5 Å². The van der Waals surface area contributed by atoms with E-state index in [0.29, 0.717) is 19.2 Å². The summed E-state index contributed by atoms with van der Waals surface area (Å²) in [6, 6.07) is 0. The molecule has 8 nitrogen and oxygen atoms in total. The minimum absolute atomic E-state index is 0.181. The van der Waals surface area contributed by atoms with Gasteiger partial charge in [-0.05, 0) is 45.0 Å². The van der Waals surface area contributed by atoms with Crippen molar-refractivity contribution in [3.8, 4) is 0 Å². The van der Waals surface area contributed by atoms with Gasteiger partial charge in [-0.3, -0.25) is 4.90 Å². The van der Waals surface area contributed by atoms with Crippen LogP contribution in [0, 0.1) is 0 Å². The molecule has 0 radical (unpaired) electrons. The second-order valence-electron chi connectivity index (χ2n) is 7.27. The maximum absolute atomic E-state index is 12.6. The number of hydrogen-bond donors (Lipinski definition) is 3. The highest BCUT2D eigenvalue weighted by Gasteiger charge is 2.43. The Hall–Kier alpha value is -2.03. The van der Waals surface area contributed by atoms with Gasteiger partial charge in [-0.15, -0.1) is 0 Å². The molecule has 0 saturated carbocycles. The van der Waals surface area contributed by atoms with E-state index >= 15 is 0 Å². The Morgan fingerprint density at radius 2 is 1.72 bits per heavy atom. The van der Waals surface area contributed by atoms with E-state index in [2.05, 4.69) is 23.2 Å². The van der Waals surface area contributed by atoms with E-state index in [1.807, 2.05) is 17.7 Å². The van der Waals surface area contributed by atoms with Gasteiger partial charge in [0, 0.05) is 31.6 Å². The van der Waals surface area contributed by atoms with Crippen LogP contribution >= 0.6 is 0 Å². The molecule has 0 aliphatic rings. The summed E-state index contributed by atoms with van der Waals surface area (Å²) >= 11 is 0. The molecule has 0 aromatic carbocycles. The number of aliphatic hydroxyl groups is 1. The molecule has 0 aromatic heterocycles. The van der Waals surface area contributed by atoms with Gasteiger partial charge in [0.05, 0.1) is 4.91 Å². The first-order valence-electron chi connectivity index (χ1n) is 11.2. The third-order valence-electron chi connectivity index (χ3n) is 4.64. The predicted molar refractivity (Wildman–Crippen MR) is 138 cm³/mol. The third-order valence-corrected chi connectivity index (χ3v) is 7.20. The van der Waals surface area contributed by atoms with E-state index in [1.165, 1.54) is 31.2 Å². The molecule has 0 rings (SSSR count). The average molecular weight is 556 g/mol. The Morgan fingerprint density at radius 3 is 2.25 bits per heavy atom. The van der Waals surface area contributed by atoms with E-state index in [9.17, 15) is 35.1 Å². The van der Waals surface area contributed by atoms with Crippen molar-refractivity contribution in [2.24, 2.45) is 0 Å².